The molecule has 14 heavy (non-hydrogen) atoms. The van der Waals surface area contributed by atoms with Gasteiger partial charge in [0, 0.05) is 0 Å². The van der Waals surface area contributed by atoms with Crippen molar-refractivity contribution in [3.8, 4) is 0 Å². The summed E-state index contributed by atoms with van der Waals surface area (Å²) < 4.78 is 5.00. The maximum absolute atomic E-state index is 11.3. The molecule has 1 unspecified atom stereocenters. The van der Waals surface area contributed by atoms with Gasteiger partial charge in [-0.3, -0.25) is 9.59 Å². The number of unbranched alkanes of at least 4 members (excludes halogenated alkanes) is 2. The van der Waals surface area contributed by atoms with E-state index < -0.39 is 5.92 Å². The molecule has 0 saturated carbocycles. The van der Waals surface area contributed by atoms with Crippen LogP contribution in [0.1, 0.15) is 46.5 Å². The number of ketones is 1. The summed E-state index contributed by atoms with van der Waals surface area (Å²) in [4.78, 5) is 22.3. The summed E-state index contributed by atoms with van der Waals surface area (Å²) in [6, 6.07) is 0. The highest BCUT2D eigenvalue weighted by atomic mass is 16.5. The first-order valence-corrected chi connectivity index (χ1v) is 5.30. The van der Waals surface area contributed by atoms with E-state index in [1.165, 1.54) is 6.92 Å². The van der Waals surface area contributed by atoms with Crippen molar-refractivity contribution in [1.29, 1.82) is 0 Å². The number of carbonyl (C=O) groups is 2. The van der Waals surface area contributed by atoms with Gasteiger partial charge in [-0.1, -0.05) is 26.7 Å². The molecule has 1 atom stereocenters. The third-order valence-electron chi connectivity index (χ3n) is 2.18. The van der Waals surface area contributed by atoms with Gasteiger partial charge in [0.1, 0.15) is 11.7 Å². The van der Waals surface area contributed by atoms with E-state index in [2.05, 4.69) is 6.92 Å². The molecule has 0 aliphatic rings. The van der Waals surface area contributed by atoms with E-state index in [1.807, 2.05) is 6.92 Å². The number of hydrogen-bond acceptors (Lipinski definition) is 3. The molecular formula is C11H20O3. The largest absolute Gasteiger partial charge is 0.465 e. The predicted octanol–water partition coefficient (Wildman–Crippen LogP) is 2.33. The number of rotatable bonds is 7. The van der Waals surface area contributed by atoms with Crippen LogP contribution in [0.5, 0.6) is 0 Å². The first-order chi connectivity index (χ1) is 6.63. The molecule has 0 N–H and O–H groups in total. The molecule has 0 heterocycles. The number of ether oxygens (including phenoxy) is 1. The molecule has 0 amide bonds. The molecule has 0 aromatic carbocycles. The summed E-state index contributed by atoms with van der Waals surface area (Å²) >= 11 is 0. The average Bonchev–Trinajstić information content (AvgIpc) is 2.13. The highest BCUT2D eigenvalue weighted by Crippen LogP contribution is 2.07. The average molecular weight is 200 g/mol. The SMILES string of the molecule is CCCCCOC(=O)C(CC)C(C)=O. The Labute approximate surface area is 85.8 Å². The summed E-state index contributed by atoms with van der Waals surface area (Å²) in [6.07, 6.45) is 3.57. The van der Waals surface area contributed by atoms with Crippen LogP contribution in [0.3, 0.4) is 0 Å². The van der Waals surface area contributed by atoms with E-state index in [9.17, 15) is 9.59 Å². The second-order valence-electron chi connectivity index (χ2n) is 3.45. The molecule has 0 rings (SSSR count). The molecule has 3 nitrogen and oxygen atoms in total. The molecular weight excluding hydrogens is 180 g/mol. The number of carbonyl (C=O) groups excluding carboxylic acids is 2. The highest BCUT2D eigenvalue weighted by molar-refractivity contribution is 5.97. The van der Waals surface area contributed by atoms with Crippen molar-refractivity contribution in [1.82, 2.24) is 0 Å². The minimum atomic E-state index is -0.559. The fourth-order valence-electron chi connectivity index (χ4n) is 1.25. The van der Waals surface area contributed by atoms with Gasteiger partial charge in [0.25, 0.3) is 0 Å². The topological polar surface area (TPSA) is 43.4 Å². The van der Waals surface area contributed by atoms with E-state index in [-0.39, 0.29) is 11.8 Å². The Bertz CT molecular complexity index is 187. The quantitative estimate of drug-likeness (QED) is 0.360. The molecule has 0 spiro atoms. The second-order valence-corrected chi connectivity index (χ2v) is 3.45. The first kappa shape index (κ1) is 13.1. The van der Waals surface area contributed by atoms with Crippen LogP contribution in [0.2, 0.25) is 0 Å². The van der Waals surface area contributed by atoms with Crippen molar-refractivity contribution >= 4 is 11.8 Å². The second kappa shape index (κ2) is 7.54. The van der Waals surface area contributed by atoms with E-state index in [1.54, 1.807) is 0 Å². The molecule has 0 aromatic rings. The maximum Gasteiger partial charge on any atom is 0.316 e. The predicted molar refractivity (Wildman–Crippen MR) is 54.9 cm³/mol. The van der Waals surface area contributed by atoms with Crippen LogP contribution < -0.4 is 0 Å². The normalized spacial score (nSPS) is 12.2. The fraction of sp³-hybridized carbons (Fsp3) is 0.818. The lowest BCUT2D eigenvalue weighted by atomic mass is 10.0. The Morgan fingerprint density at radius 3 is 2.29 bits per heavy atom. The van der Waals surface area contributed by atoms with E-state index in [0.717, 1.165) is 19.3 Å². The molecule has 0 fully saturated rings. The molecule has 0 aromatic heterocycles. The standard InChI is InChI=1S/C11H20O3/c1-4-6-7-8-14-11(13)10(5-2)9(3)12/h10H,4-8H2,1-3H3. The van der Waals surface area contributed by atoms with Crippen molar-refractivity contribution in [2.45, 2.75) is 46.5 Å². The molecule has 0 bridgehead atoms. The van der Waals surface area contributed by atoms with Crippen LogP contribution in [-0.4, -0.2) is 18.4 Å². The van der Waals surface area contributed by atoms with E-state index >= 15 is 0 Å². The van der Waals surface area contributed by atoms with Crippen molar-refractivity contribution in [2.24, 2.45) is 5.92 Å². The van der Waals surface area contributed by atoms with Gasteiger partial charge in [-0.25, -0.2) is 0 Å². The lowest BCUT2D eigenvalue weighted by molar-refractivity contribution is -0.151. The van der Waals surface area contributed by atoms with Gasteiger partial charge < -0.3 is 4.74 Å². The van der Waals surface area contributed by atoms with Gasteiger partial charge >= 0.3 is 5.97 Å². The molecule has 0 radical (unpaired) electrons. The van der Waals surface area contributed by atoms with E-state index in [4.69, 9.17) is 4.74 Å². The van der Waals surface area contributed by atoms with Crippen molar-refractivity contribution in [3.05, 3.63) is 0 Å². The number of esters is 1. The maximum atomic E-state index is 11.3. The Hall–Kier alpha value is -0.860. The zero-order chi connectivity index (χ0) is 11.0. The Morgan fingerprint density at radius 2 is 1.86 bits per heavy atom. The highest BCUT2D eigenvalue weighted by Gasteiger charge is 2.22. The van der Waals surface area contributed by atoms with Gasteiger partial charge in [0.05, 0.1) is 6.61 Å². The van der Waals surface area contributed by atoms with Gasteiger partial charge in [0.15, 0.2) is 0 Å². The third-order valence-corrected chi connectivity index (χ3v) is 2.18. The third kappa shape index (κ3) is 5.00. The summed E-state index contributed by atoms with van der Waals surface area (Å²) in [7, 11) is 0. The van der Waals surface area contributed by atoms with Gasteiger partial charge in [-0.05, 0) is 19.8 Å². The summed E-state index contributed by atoms with van der Waals surface area (Å²) in [6.45, 7) is 5.78. The molecule has 0 saturated heterocycles. The van der Waals surface area contributed by atoms with Crippen LogP contribution >= 0.6 is 0 Å². The Morgan fingerprint density at radius 1 is 1.21 bits per heavy atom. The molecule has 3 heteroatoms. The van der Waals surface area contributed by atoms with Crippen LogP contribution in [0.25, 0.3) is 0 Å². The van der Waals surface area contributed by atoms with Crippen LogP contribution in [0, 0.1) is 5.92 Å². The molecule has 82 valence electrons. The van der Waals surface area contributed by atoms with Gasteiger partial charge in [-0.15, -0.1) is 0 Å². The zero-order valence-corrected chi connectivity index (χ0v) is 9.34. The Balaban J connectivity index is 3.76. The lowest BCUT2D eigenvalue weighted by Gasteiger charge is -2.10. The van der Waals surface area contributed by atoms with Crippen molar-refractivity contribution < 1.29 is 14.3 Å². The van der Waals surface area contributed by atoms with Crippen molar-refractivity contribution in [3.63, 3.8) is 0 Å². The van der Waals surface area contributed by atoms with Crippen LogP contribution in [0.4, 0.5) is 0 Å². The minimum Gasteiger partial charge on any atom is -0.465 e. The Kier molecular flexibility index (Phi) is 7.07. The van der Waals surface area contributed by atoms with Crippen molar-refractivity contribution in [2.75, 3.05) is 6.61 Å². The first-order valence-electron chi connectivity index (χ1n) is 5.30. The fourth-order valence-corrected chi connectivity index (χ4v) is 1.25. The minimum absolute atomic E-state index is 0.104. The van der Waals surface area contributed by atoms with Crippen LogP contribution in [0.15, 0.2) is 0 Å². The summed E-state index contributed by atoms with van der Waals surface area (Å²) in [5, 5.41) is 0. The molecule has 0 aliphatic carbocycles. The van der Waals surface area contributed by atoms with Crippen LogP contribution in [-0.2, 0) is 14.3 Å². The smallest absolute Gasteiger partial charge is 0.316 e. The summed E-state index contributed by atoms with van der Waals surface area (Å²) in [5.74, 6) is -1.03. The monoisotopic (exact) mass is 200 g/mol. The number of hydrogen-bond donors (Lipinski definition) is 0. The lowest BCUT2D eigenvalue weighted by Crippen LogP contribution is -2.23. The van der Waals surface area contributed by atoms with Gasteiger partial charge in [0.2, 0.25) is 0 Å². The van der Waals surface area contributed by atoms with E-state index in [0.29, 0.717) is 13.0 Å². The summed E-state index contributed by atoms with van der Waals surface area (Å²) in [5.41, 5.74) is 0. The molecule has 0 aliphatic heterocycles. The zero-order valence-electron chi connectivity index (χ0n) is 9.34. The van der Waals surface area contributed by atoms with Gasteiger partial charge in [-0.2, -0.15) is 0 Å². The number of Topliss-reactive ketones (excluding diaryl/α,β-unsaturated/α-hetero) is 1.